The summed E-state index contributed by atoms with van der Waals surface area (Å²) in [6.07, 6.45) is 2.49. The Morgan fingerprint density at radius 1 is 1.35 bits per heavy atom. The highest BCUT2D eigenvalue weighted by Crippen LogP contribution is 2.21. The molecule has 3 rings (SSSR count). The number of piperidine rings is 1. The van der Waals surface area contributed by atoms with Crippen molar-refractivity contribution in [2.24, 2.45) is 5.92 Å². The minimum Gasteiger partial charge on any atom is -0.338 e. The van der Waals surface area contributed by atoms with Crippen LogP contribution in [0.3, 0.4) is 0 Å². The van der Waals surface area contributed by atoms with Gasteiger partial charge in [0, 0.05) is 10.6 Å². The van der Waals surface area contributed by atoms with Crippen molar-refractivity contribution in [3.05, 3.63) is 35.2 Å². The van der Waals surface area contributed by atoms with Gasteiger partial charge in [0.2, 0.25) is 11.7 Å². The van der Waals surface area contributed by atoms with Crippen molar-refractivity contribution in [2.45, 2.75) is 26.3 Å². The zero-order valence-electron chi connectivity index (χ0n) is 11.6. The van der Waals surface area contributed by atoms with Crippen LogP contribution in [0.15, 0.2) is 28.8 Å². The Bertz CT molecular complexity index is 576. The molecule has 1 aliphatic rings. The Morgan fingerprint density at radius 3 is 2.90 bits per heavy atom. The van der Waals surface area contributed by atoms with Gasteiger partial charge in [-0.25, -0.2) is 0 Å². The van der Waals surface area contributed by atoms with Gasteiger partial charge < -0.3 is 4.52 Å². The monoisotopic (exact) mass is 291 g/mol. The van der Waals surface area contributed by atoms with Gasteiger partial charge in [-0.05, 0) is 44.0 Å². The quantitative estimate of drug-likeness (QED) is 0.866. The van der Waals surface area contributed by atoms with Crippen LogP contribution in [-0.2, 0) is 6.54 Å². The van der Waals surface area contributed by atoms with Gasteiger partial charge in [0.05, 0.1) is 6.54 Å². The van der Waals surface area contributed by atoms with Crippen LogP contribution >= 0.6 is 11.6 Å². The summed E-state index contributed by atoms with van der Waals surface area (Å²) in [5, 5.41) is 4.72. The lowest BCUT2D eigenvalue weighted by Gasteiger charge is -2.28. The minimum absolute atomic E-state index is 0.605. The van der Waals surface area contributed by atoms with Gasteiger partial charge in [0.25, 0.3) is 0 Å². The second-order valence-electron chi connectivity index (χ2n) is 5.48. The molecule has 5 heteroatoms. The Kier molecular flexibility index (Phi) is 4.03. The lowest BCUT2D eigenvalue weighted by molar-refractivity contribution is 0.165. The van der Waals surface area contributed by atoms with E-state index in [2.05, 4.69) is 22.0 Å². The number of hydrogen-bond acceptors (Lipinski definition) is 4. The van der Waals surface area contributed by atoms with E-state index in [-0.39, 0.29) is 0 Å². The van der Waals surface area contributed by atoms with E-state index >= 15 is 0 Å². The summed E-state index contributed by atoms with van der Waals surface area (Å²) < 4.78 is 5.34. The molecule has 1 fully saturated rings. The summed E-state index contributed by atoms with van der Waals surface area (Å²) in [5.41, 5.74) is 0.889. The van der Waals surface area contributed by atoms with Crippen molar-refractivity contribution in [1.29, 1.82) is 0 Å². The molecule has 2 heterocycles. The third kappa shape index (κ3) is 3.19. The van der Waals surface area contributed by atoms with Gasteiger partial charge in [0.1, 0.15) is 0 Å². The van der Waals surface area contributed by atoms with Crippen LogP contribution < -0.4 is 0 Å². The van der Waals surface area contributed by atoms with Crippen LogP contribution in [-0.4, -0.2) is 28.1 Å². The number of nitrogens with zero attached hydrogens (tertiary/aromatic N) is 3. The van der Waals surface area contributed by atoms with Gasteiger partial charge in [-0.3, -0.25) is 4.90 Å². The molecule has 1 aromatic carbocycles. The lowest BCUT2D eigenvalue weighted by Crippen LogP contribution is -2.32. The normalized spacial score (nSPS) is 17.5. The number of rotatable bonds is 3. The van der Waals surface area contributed by atoms with Gasteiger partial charge in [0.15, 0.2) is 0 Å². The van der Waals surface area contributed by atoms with Crippen LogP contribution in [0, 0.1) is 5.92 Å². The molecule has 0 radical (unpaired) electrons. The van der Waals surface area contributed by atoms with E-state index < -0.39 is 0 Å². The summed E-state index contributed by atoms with van der Waals surface area (Å²) in [7, 11) is 0. The second-order valence-corrected chi connectivity index (χ2v) is 5.92. The van der Waals surface area contributed by atoms with Crippen molar-refractivity contribution >= 4 is 11.6 Å². The zero-order chi connectivity index (χ0) is 13.9. The average Bonchev–Trinajstić information content (AvgIpc) is 2.90. The Hall–Kier alpha value is -1.39. The topological polar surface area (TPSA) is 42.2 Å². The summed E-state index contributed by atoms with van der Waals surface area (Å²) in [6.45, 7) is 5.26. The van der Waals surface area contributed by atoms with E-state index in [1.807, 2.05) is 24.3 Å². The molecule has 106 valence electrons. The predicted octanol–water partition coefficient (Wildman–Crippen LogP) is 3.62. The summed E-state index contributed by atoms with van der Waals surface area (Å²) >= 11 is 5.98. The molecule has 0 N–H and O–H groups in total. The highest BCUT2D eigenvalue weighted by atomic mass is 35.5. The fourth-order valence-corrected chi connectivity index (χ4v) is 2.67. The van der Waals surface area contributed by atoms with E-state index in [1.54, 1.807) is 0 Å². The Morgan fingerprint density at radius 2 is 2.15 bits per heavy atom. The molecular weight excluding hydrogens is 274 g/mol. The first-order valence-electron chi connectivity index (χ1n) is 7.01. The SMILES string of the molecule is CC1CCN(Cc2nc(-c3cccc(Cl)c3)no2)CC1. The highest BCUT2D eigenvalue weighted by molar-refractivity contribution is 6.30. The van der Waals surface area contributed by atoms with Crippen LogP contribution in [0.1, 0.15) is 25.7 Å². The molecule has 0 unspecified atom stereocenters. The molecule has 0 aliphatic carbocycles. The Balaban J connectivity index is 1.68. The minimum atomic E-state index is 0.605. The van der Waals surface area contributed by atoms with Crippen LogP contribution in [0.5, 0.6) is 0 Å². The number of benzene rings is 1. The van der Waals surface area contributed by atoms with Crippen molar-refractivity contribution in [3.8, 4) is 11.4 Å². The molecule has 1 aromatic heterocycles. The van der Waals surface area contributed by atoms with Crippen LogP contribution in [0.2, 0.25) is 5.02 Å². The van der Waals surface area contributed by atoms with Crippen molar-refractivity contribution in [3.63, 3.8) is 0 Å². The van der Waals surface area contributed by atoms with Crippen molar-refractivity contribution in [1.82, 2.24) is 15.0 Å². The largest absolute Gasteiger partial charge is 0.338 e. The molecular formula is C15H18ClN3O. The van der Waals surface area contributed by atoms with E-state index in [0.29, 0.717) is 16.7 Å². The molecule has 0 bridgehead atoms. The molecule has 2 aromatic rings. The first kappa shape index (κ1) is 13.6. The third-order valence-electron chi connectivity index (χ3n) is 3.79. The fraction of sp³-hybridized carbons (Fsp3) is 0.467. The smallest absolute Gasteiger partial charge is 0.241 e. The molecule has 0 saturated carbocycles. The van der Waals surface area contributed by atoms with Crippen molar-refractivity contribution in [2.75, 3.05) is 13.1 Å². The lowest BCUT2D eigenvalue weighted by atomic mass is 9.99. The van der Waals surface area contributed by atoms with Crippen LogP contribution in [0.4, 0.5) is 0 Å². The maximum atomic E-state index is 5.98. The maximum absolute atomic E-state index is 5.98. The maximum Gasteiger partial charge on any atom is 0.241 e. The summed E-state index contributed by atoms with van der Waals surface area (Å²) in [4.78, 5) is 6.83. The van der Waals surface area contributed by atoms with Gasteiger partial charge in [-0.15, -0.1) is 0 Å². The first-order valence-corrected chi connectivity index (χ1v) is 7.39. The zero-order valence-corrected chi connectivity index (χ0v) is 12.3. The van der Waals surface area contributed by atoms with Gasteiger partial charge in [-0.1, -0.05) is 35.8 Å². The number of halogens is 1. The third-order valence-corrected chi connectivity index (χ3v) is 4.02. The van der Waals surface area contributed by atoms with E-state index in [4.69, 9.17) is 16.1 Å². The van der Waals surface area contributed by atoms with Crippen molar-refractivity contribution < 1.29 is 4.52 Å². The molecule has 1 aliphatic heterocycles. The van der Waals surface area contributed by atoms with Gasteiger partial charge >= 0.3 is 0 Å². The van der Waals surface area contributed by atoms with E-state index in [1.165, 1.54) is 12.8 Å². The average molecular weight is 292 g/mol. The second kappa shape index (κ2) is 5.94. The van der Waals surface area contributed by atoms with E-state index in [0.717, 1.165) is 31.1 Å². The first-order chi connectivity index (χ1) is 9.70. The molecule has 0 spiro atoms. The predicted molar refractivity (Wildman–Crippen MR) is 78.4 cm³/mol. The molecule has 0 atom stereocenters. The number of likely N-dealkylation sites (tertiary alicyclic amines) is 1. The molecule has 20 heavy (non-hydrogen) atoms. The summed E-state index contributed by atoms with van der Waals surface area (Å²) in [5.74, 6) is 2.11. The molecule has 4 nitrogen and oxygen atoms in total. The molecule has 0 amide bonds. The van der Waals surface area contributed by atoms with Crippen LogP contribution in [0.25, 0.3) is 11.4 Å². The number of hydrogen-bond donors (Lipinski definition) is 0. The Labute approximate surface area is 123 Å². The van der Waals surface area contributed by atoms with Gasteiger partial charge in [-0.2, -0.15) is 4.98 Å². The fourth-order valence-electron chi connectivity index (χ4n) is 2.48. The number of aromatic nitrogens is 2. The highest BCUT2D eigenvalue weighted by Gasteiger charge is 2.18. The molecule has 1 saturated heterocycles. The summed E-state index contributed by atoms with van der Waals surface area (Å²) in [6, 6.07) is 7.50. The van der Waals surface area contributed by atoms with E-state index in [9.17, 15) is 0 Å². The standard InChI is InChI=1S/C15H18ClN3O/c1-11-5-7-19(8-6-11)10-14-17-15(18-20-14)12-3-2-4-13(16)9-12/h2-4,9,11H,5-8,10H2,1H3.